The van der Waals surface area contributed by atoms with Gasteiger partial charge in [-0.2, -0.15) is 0 Å². The van der Waals surface area contributed by atoms with Crippen molar-refractivity contribution in [3.05, 3.63) is 0 Å². The van der Waals surface area contributed by atoms with E-state index in [0.29, 0.717) is 0 Å². The van der Waals surface area contributed by atoms with Crippen LogP contribution < -0.4 is 10.6 Å². The van der Waals surface area contributed by atoms with Crippen molar-refractivity contribution >= 4 is 0 Å². The second-order valence-electron chi connectivity index (χ2n) is 5.63. The molecule has 2 N–H and O–H groups in total. The van der Waals surface area contributed by atoms with E-state index in [1.807, 2.05) is 0 Å². The average molecular weight is 238 g/mol. The number of piperazine rings is 1. The molecule has 3 aliphatic heterocycles. The van der Waals surface area contributed by atoms with Gasteiger partial charge >= 0.3 is 0 Å². The topological polar surface area (TPSA) is 30.5 Å². The Morgan fingerprint density at radius 2 is 1.41 bits per heavy atom. The summed E-state index contributed by atoms with van der Waals surface area (Å²) in [4.78, 5) is 5.42. The molecule has 0 aromatic heterocycles. The average Bonchev–Trinajstić information content (AvgIpc) is 2.95. The summed E-state index contributed by atoms with van der Waals surface area (Å²) < 4.78 is 0. The molecule has 4 nitrogen and oxygen atoms in total. The van der Waals surface area contributed by atoms with Crippen LogP contribution >= 0.6 is 0 Å². The number of nitrogens with zero attached hydrogens (tertiary/aromatic N) is 2. The Hall–Kier alpha value is -0.160. The zero-order valence-corrected chi connectivity index (χ0v) is 10.9. The number of nitrogens with one attached hydrogen (secondary N) is 2. The van der Waals surface area contributed by atoms with E-state index in [0.717, 1.165) is 13.1 Å². The summed E-state index contributed by atoms with van der Waals surface area (Å²) in [6, 6.07) is 0. The maximum absolute atomic E-state index is 3.87. The lowest BCUT2D eigenvalue weighted by Crippen LogP contribution is -2.72. The first-order valence-corrected chi connectivity index (χ1v) is 7.38. The van der Waals surface area contributed by atoms with Gasteiger partial charge in [-0.3, -0.25) is 15.1 Å². The Bertz CT molecular complexity index is 238. The molecule has 17 heavy (non-hydrogen) atoms. The Labute approximate surface area is 105 Å². The second-order valence-corrected chi connectivity index (χ2v) is 5.63. The van der Waals surface area contributed by atoms with E-state index >= 15 is 0 Å². The highest BCUT2D eigenvalue weighted by Crippen LogP contribution is 2.30. The minimum Gasteiger partial charge on any atom is -0.314 e. The zero-order valence-electron chi connectivity index (χ0n) is 10.9. The molecule has 1 atom stereocenters. The smallest absolute Gasteiger partial charge is 0.128 e. The third-order valence-corrected chi connectivity index (χ3v) is 4.63. The zero-order chi connectivity index (χ0) is 11.6. The number of rotatable bonds is 2. The predicted molar refractivity (Wildman–Crippen MR) is 69.8 cm³/mol. The summed E-state index contributed by atoms with van der Waals surface area (Å²) in [6.45, 7) is 8.47. The van der Waals surface area contributed by atoms with Crippen LogP contribution in [0.3, 0.4) is 0 Å². The lowest BCUT2D eigenvalue weighted by Gasteiger charge is -2.53. The van der Waals surface area contributed by atoms with Gasteiger partial charge in [-0.05, 0) is 38.6 Å². The van der Waals surface area contributed by atoms with Crippen LogP contribution in [0.25, 0.3) is 0 Å². The van der Waals surface area contributed by atoms with Gasteiger partial charge in [-0.1, -0.05) is 0 Å². The van der Waals surface area contributed by atoms with Gasteiger partial charge in [0.15, 0.2) is 0 Å². The molecule has 0 bridgehead atoms. The normalized spacial score (nSPS) is 37.4. The molecule has 0 aliphatic carbocycles. The van der Waals surface area contributed by atoms with Crippen LogP contribution in [-0.2, 0) is 0 Å². The minimum absolute atomic E-state index is 0.205. The van der Waals surface area contributed by atoms with E-state index in [4.69, 9.17) is 0 Å². The van der Waals surface area contributed by atoms with Crippen LogP contribution in [-0.4, -0.2) is 61.4 Å². The van der Waals surface area contributed by atoms with Gasteiger partial charge in [0.2, 0.25) is 0 Å². The number of hydrogen-bond acceptors (Lipinski definition) is 4. The Kier molecular flexibility index (Phi) is 3.66. The van der Waals surface area contributed by atoms with Crippen molar-refractivity contribution < 1.29 is 0 Å². The maximum atomic E-state index is 3.87. The van der Waals surface area contributed by atoms with Crippen molar-refractivity contribution in [1.29, 1.82) is 0 Å². The van der Waals surface area contributed by atoms with Crippen LogP contribution in [0.5, 0.6) is 0 Å². The summed E-state index contributed by atoms with van der Waals surface area (Å²) in [5, 5.41) is 7.34. The first kappa shape index (κ1) is 11.9. The minimum atomic E-state index is 0.205. The van der Waals surface area contributed by atoms with Crippen LogP contribution in [0.15, 0.2) is 0 Å². The molecule has 3 heterocycles. The molecule has 0 amide bonds. The quantitative estimate of drug-likeness (QED) is 0.730. The van der Waals surface area contributed by atoms with Crippen molar-refractivity contribution in [3.8, 4) is 0 Å². The van der Waals surface area contributed by atoms with E-state index < -0.39 is 0 Å². The third kappa shape index (κ3) is 2.24. The van der Waals surface area contributed by atoms with E-state index in [2.05, 4.69) is 20.4 Å². The lowest BCUT2D eigenvalue weighted by molar-refractivity contribution is -0.0968. The predicted octanol–water partition coefficient (Wildman–Crippen LogP) is 0.415. The fourth-order valence-electron chi connectivity index (χ4n) is 3.74. The fraction of sp³-hybridized carbons (Fsp3) is 1.00. The molecule has 4 heteroatoms. The lowest BCUT2D eigenvalue weighted by atomic mass is 10.0. The van der Waals surface area contributed by atoms with Gasteiger partial charge < -0.3 is 5.32 Å². The summed E-state index contributed by atoms with van der Waals surface area (Å²) in [7, 11) is 0. The number of likely N-dealkylation sites (tertiary alicyclic amines) is 1. The van der Waals surface area contributed by atoms with Crippen molar-refractivity contribution in [2.45, 2.75) is 37.9 Å². The molecule has 3 rings (SSSR count). The van der Waals surface area contributed by atoms with E-state index in [-0.39, 0.29) is 5.79 Å². The van der Waals surface area contributed by atoms with Crippen LogP contribution in [0.2, 0.25) is 0 Å². The van der Waals surface area contributed by atoms with E-state index in [1.54, 1.807) is 0 Å². The van der Waals surface area contributed by atoms with Crippen LogP contribution in [0, 0.1) is 0 Å². The fourth-order valence-corrected chi connectivity index (χ4v) is 3.74. The molecule has 0 radical (unpaired) electrons. The Balaban J connectivity index is 1.78. The van der Waals surface area contributed by atoms with Crippen molar-refractivity contribution in [1.82, 2.24) is 20.4 Å². The largest absolute Gasteiger partial charge is 0.314 e. The number of piperidine rings is 1. The van der Waals surface area contributed by atoms with Gasteiger partial charge in [-0.25, -0.2) is 0 Å². The van der Waals surface area contributed by atoms with Crippen molar-refractivity contribution in [2.75, 3.05) is 45.8 Å². The molecular formula is C13H26N4. The van der Waals surface area contributed by atoms with Gasteiger partial charge in [0.1, 0.15) is 5.79 Å². The molecule has 3 aliphatic rings. The van der Waals surface area contributed by atoms with Crippen LogP contribution in [0.1, 0.15) is 32.1 Å². The first-order chi connectivity index (χ1) is 8.42. The van der Waals surface area contributed by atoms with Crippen molar-refractivity contribution in [2.24, 2.45) is 0 Å². The molecule has 1 unspecified atom stereocenters. The highest BCUT2D eigenvalue weighted by molar-refractivity contribution is 4.94. The monoisotopic (exact) mass is 238 g/mol. The molecule has 0 aromatic rings. The first-order valence-electron chi connectivity index (χ1n) is 7.38. The van der Waals surface area contributed by atoms with E-state index in [9.17, 15) is 0 Å². The highest BCUT2D eigenvalue weighted by Gasteiger charge is 2.43. The van der Waals surface area contributed by atoms with Crippen molar-refractivity contribution in [3.63, 3.8) is 0 Å². The SMILES string of the molecule is C1CCC(N2CCCC2)(N2CCNCC2)NC1. The van der Waals surface area contributed by atoms with Gasteiger partial charge in [-0.15, -0.1) is 0 Å². The summed E-state index contributed by atoms with van der Waals surface area (Å²) in [5.74, 6) is 0.205. The third-order valence-electron chi connectivity index (χ3n) is 4.63. The molecule has 0 saturated carbocycles. The van der Waals surface area contributed by atoms with Gasteiger partial charge in [0.05, 0.1) is 0 Å². The summed E-state index contributed by atoms with van der Waals surface area (Å²) in [5.41, 5.74) is 0. The second kappa shape index (κ2) is 5.22. The molecule has 98 valence electrons. The molecule has 0 aromatic carbocycles. The summed E-state index contributed by atoms with van der Waals surface area (Å²) in [6.07, 6.45) is 6.81. The maximum Gasteiger partial charge on any atom is 0.128 e. The van der Waals surface area contributed by atoms with Gasteiger partial charge in [0.25, 0.3) is 0 Å². The van der Waals surface area contributed by atoms with Crippen LogP contribution in [0.4, 0.5) is 0 Å². The standard InChI is InChI=1S/C13H26N4/c1-2-6-15-13(5-1,16-9-3-4-10-16)17-11-7-14-8-12-17/h14-15H,1-12H2. The Morgan fingerprint density at radius 1 is 0.706 bits per heavy atom. The van der Waals surface area contributed by atoms with E-state index in [1.165, 1.54) is 64.8 Å². The molecule has 0 spiro atoms. The Morgan fingerprint density at radius 3 is 2.06 bits per heavy atom. The molecular weight excluding hydrogens is 212 g/mol. The highest BCUT2D eigenvalue weighted by atomic mass is 15.5. The summed E-state index contributed by atoms with van der Waals surface area (Å²) >= 11 is 0. The molecule has 3 fully saturated rings. The van der Waals surface area contributed by atoms with Gasteiger partial charge in [0, 0.05) is 39.3 Å². The molecule has 3 saturated heterocycles. The number of hydrogen-bond donors (Lipinski definition) is 2.